The Morgan fingerprint density at radius 3 is 2.95 bits per heavy atom. The van der Waals surface area contributed by atoms with E-state index in [1.807, 2.05) is 31.0 Å². The predicted octanol–water partition coefficient (Wildman–Crippen LogP) is 1.84. The first-order valence-corrected chi connectivity index (χ1v) is 6.39. The Morgan fingerprint density at radius 2 is 2.35 bits per heavy atom. The fourth-order valence-corrected chi connectivity index (χ4v) is 1.77. The summed E-state index contributed by atoms with van der Waals surface area (Å²) >= 11 is 0. The first-order chi connectivity index (χ1) is 9.56. The van der Waals surface area contributed by atoms with Gasteiger partial charge < -0.3 is 9.84 Å². The third-order valence-electron chi connectivity index (χ3n) is 3.07. The molecule has 0 spiro atoms. The van der Waals surface area contributed by atoms with Gasteiger partial charge in [-0.25, -0.2) is 0 Å². The van der Waals surface area contributed by atoms with E-state index in [0.29, 0.717) is 18.1 Å². The lowest BCUT2D eigenvalue weighted by Crippen LogP contribution is -2.39. The Balaban J connectivity index is 1.92. The van der Waals surface area contributed by atoms with Crippen LogP contribution < -0.4 is 5.32 Å². The maximum absolute atomic E-state index is 12.1. The molecule has 1 atom stereocenters. The molecule has 0 unspecified atom stereocenters. The van der Waals surface area contributed by atoms with Crippen molar-refractivity contribution in [1.82, 2.24) is 15.0 Å². The molecular weight excluding hydrogens is 256 g/mol. The lowest BCUT2D eigenvalue weighted by molar-refractivity contribution is -0.120. The molecule has 20 heavy (non-hydrogen) atoms. The van der Waals surface area contributed by atoms with Crippen molar-refractivity contribution in [3.05, 3.63) is 41.9 Å². The second-order valence-electron chi connectivity index (χ2n) is 4.76. The lowest BCUT2D eigenvalue weighted by Gasteiger charge is -2.23. The Hall–Kier alpha value is -2.21. The fourth-order valence-electron chi connectivity index (χ4n) is 1.77. The highest BCUT2D eigenvalue weighted by molar-refractivity contribution is 5.93. The van der Waals surface area contributed by atoms with E-state index >= 15 is 0 Å². The number of likely N-dealkylation sites (N-methyl/N-ethyl adjacent to an activating group) is 1. The van der Waals surface area contributed by atoms with Crippen LogP contribution in [-0.2, 0) is 11.3 Å². The van der Waals surface area contributed by atoms with E-state index in [0.717, 1.165) is 5.56 Å². The number of nitrogens with zero attached hydrogens (tertiary/aromatic N) is 3. The molecule has 0 fully saturated rings. The summed E-state index contributed by atoms with van der Waals surface area (Å²) in [6.07, 6.45) is 3.52. The molecule has 0 saturated carbocycles. The van der Waals surface area contributed by atoms with Gasteiger partial charge in [0.2, 0.25) is 5.91 Å². The summed E-state index contributed by atoms with van der Waals surface area (Å²) in [5.41, 5.74) is 1.06. The molecule has 0 aliphatic heterocycles. The highest BCUT2D eigenvalue weighted by Gasteiger charge is 2.19. The van der Waals surface area contributed by atoms with Gasteiger partial charge in [0.1, 0.15) is 5.76 Å². The molecule has 0 saturated heterocycles. The molecule has 0 aliphatic rings. The maximum atomic E-state index is 12.1. The zero-order chi connectivity index (χ0) is 14.5. The molecule has 0 aliphatic carbocycles. The number of carbonyl (C=O) groups is 1. The van der Waals surface area contributed by atoms with E-state index in [9.17, 15) is 4.79 Å². The number of hydrogen-bond acceptors (Lipinski definition) is 5. The molecule has 2 aromatic heterocycles. The van der Waals surface area contributed by atoms with Gasteiger partial charge in [0.05, 0.1) is 6.04 Å². The number of amides is 1. The van der Waals surface area contributed by atoms with Crippen molar-refractivity contribution in [3.8, 4) is 0 Å². The number of aryl methyl sites for hydroxylation is 1. The second kappa shape index (κ2) is 6.29. The van der Waals surface area contributed by atoms with Gasteiger partial charge in [-0.05, 0) is 32.5 Å². The van der Waals surface area contributed by atoms with Crippen molar-refractivity contribution in [2.24, 2.45) is 0 Å². The van der Waals surface area contributed by atoms with Crippen LogP contribution in [0.25, 0.3) is 0 Å². The SMILES string of the molecule is Cc1cc(NC(=O)[C@H](C)N(C)Cc2cccnc2)no1. The van der Waals surface area contributed by atoms with Crippen molar-refractivity contribution in [3.63, 3.8) is 0 Å². The van der Waals surface area contributed by atoms with Crippen molar-refractivity contribution >= 4 is 11.7 Å². The van der Waals surface area contributed by atoms with Crippen LogP contribution in [0.3, 0.4) is 0 Å². The summed E-state index contributed by atoms with van der Waals surface area (Å²) < 4.78 is 4.91. The molecule has 1 N–H and O–H groups in total. The van der Waals surface area contributed by atoms with Gasteiger partial charge in [0.15, 0.2) is 5.82 Å². The number of pyridine rings is 1. The van der Waals surface area contributed by atoms with Gasteiger partial charge in [-0.15, -0.1) is 0 Å². The zero-order valence-corrected chi connectivity index (χ0v) is 11.8. The van der Waals surface area contributed by atoms with Gasteiger partial charge in [-0.3, -0.25) is 14.7 Å². The first-order valence-electron chi connectivity index (χ1n) is 6.39. The van der Waals surface area contributed by atoms with Crippen LogP contribution in [0, 0.1) is 6.92 Å². The molecule has 6 heteroatoms. The van der Waals surface area contributed by atoms with Crippen molar-refractivity contribution in [2.75, 3.05) is 12.4 Å². The second-order valence-corrected chi connectivity index (χ2v) is 4.76. The largest absolute Gasteiger partial charge is 0.360 e. The van der Waals surface area contributed by atoms with Gasteiger partial charge in [0, 0.05) is 25.0 Å². The van der Waals surface area contributed by atoms with Crippen LogP contribution in [0.4, 0.5) is 5.82 Å². The summed E-state index contributed by atoms with van der Waals surface area (Å²) in [7, 11) is 1.89. The van der Waals surface area contributed by atoms with E-state index in [2.05, 4.69) is 15.5 Å². The molecule has 0 bridgehead atoms. The van der Waals surface area contributed by atoms with E-state index in [1.165, 1.54) is 0 Å². The molecule has 1 amide bonds. The highest BCUT2D eigenvalue weighted by atomic mass is 16.5. The Morgan fingerprint density at radius 1 is 1.55 bits per heavy atom. The van der Waals surface area contributed by atoms with Crippen LogP contribution >= 0.6 is 0 Å². The standard InChI is InChI=1S/C14H18N4O2/c1-10-7-13(17-20-10)16-14(19)11(2)18(3)9-12-5-4-6-15-8-12/h4-8,11H,9H2,1-3H3,(H,16,17,19)/t11-/m0/s1. The molecule has 2 heterocycles. The Bertz CT molecular complexity index is 568. The molecule has 0 aromatic carbocycles. The van der Waals surface area contributed by atoms with Crippen molar-refractivity contribution in [1.29, 1.82) is 0 Å². The number of aromatic nitrogens is 2. The zero-order valence-electron chi connectivity index (χ0n) is 11.8. The average Bonchev–Trinajstić information content (AvgIpc) is 2.84. The van der Waals surface area contributed by atoms with E-state index < -0.39 is 0 Å². The number of rotatable bonds is 5. The van der Waals surface area contributed by atoms with Crippen molar-refractivity contribution < 1.29 is 9.32 Å². The predicted molar refractivity (Wildman–Crippen MR) is 75.0 cm³/mol. The Labute approximate surface area is 117 Å². The van der Waals surface area contributed by atoms with E-state index in [1.54, 1.807) is 25.4 Å². The smallest absolute Gasteiger partial charge is 0.242 e. The summed E-state index contributed by atoms with van der Waals surface area (Å²) in [5.74, 6) is 0.982. The van der Waals surface area contributed by atoms with E-state index in [4.69, 9.17) is 4.52 Å². The third kappa shape index (κ3) is 3.64. The first kappa shape index (κ1) is 14.2. The minimum absolute atomic E-state index is 0.121. The minimum Gasteiger partial charge on any atom is -0.360 e. The van der Waals surface area contributed by atoms with Crippen LogP contribution in [0.1, 0.15) is 18.2 Å². The van der Waals surface area contributed by atoms with Gasteiger partial charge in [-0.1, -0.05) is 11.2 Å². The highest BCUT2D eigenvalue weighted by Crippen LogP contribution is 2.10. The molecule has 6 nitrogen and oxygen atoms in total. The third-order valence-corrected chi connectivity index (χ3v) is 3.07. The fraction of sp³-hybridized carbons (Fsp3) is 0.357. The molecule has 106 valence electrons. The summed E-state index contributed by atoms with van der Waals surface area (Å²) in [6, 6.07) is 5.26. The van der Waals surface area contributed by atoms with Crippen LogP contribution in [0.2, 0.25) is 0 Å². The average molecular weight is 274 g/mol. The van der Waals surface area contributed by atoms with Crippen LogP contribution in [0.5, 0.6) is 0 Å². The van der Waals surface area contributed by atoms with Crippen molar-refractivity contribution in [2.45, 2.75) is 26.4 Å². The van der Waals surface area contributed by atoms with Gasteiger partial charge in [-0.2, -0.15) is 0 Å². The molecule has 2 aromatic rings. The normalized spacial score (nSPS) is 12.4. The summed E-state index contributed by atoms with van der Waals surface area (Å²) in [5, 5.41) is 6.47. The quantitative estimate of drug-likeness (QED) is 0.900. The van der Waals surface area contributed by atoms with Crippen LogP contribution in [-0.4, -0.2) is 34.0 Å². The maximum Gasteiger partial charge on any atom is 0.242 e. The van der Waals surface area contributed by atoms with Gasteiger partial charge in [0.25, 0.3) is 0 Å². The van der Waals surface area contributed by atoms with E-state index in [-0.39, 0.29) is 11.9 Å². The summed E-state index contributed by atoms with van der Waals surface area (Å²) in [6.45, 7) is 4.28. The van der Waals surface area contributed by atoms with Crippen LogP contribution in [0.15, 0.2) is 35.1 Å². The Kier molecular flexibility index (Phi) is 4.47. The topological polar surface area (TPSA) is 71.3 Å². The number of hydrogen-bond donors (Lipinski definition) is 1. The molecule has 0 radical (unpaired) electrons. The monoisotopic (exact) mass is 274 g/mol. The molecular formula is C14H18N4O2. The number of anilines is 1. The number of nitrogens with one attached hydrogen (secondary N) is 1. The van der Waals surface area contributed by atoms with Gasteiger partial charge >= 0.3 is 0 Å². The lowest BCUT2D eigenvalue weighted by atomic mass is 10.2. The minimum atomic E-state index is -0.285. The summed E-state index contributed by atoms with van der Waals surface area (Å²) in [4.78, 5) is 18.1. The molecule has 2 rings (SSSR count). The number of carbonyl (C=O) groups excluding carboxylic acids is 1.